The largest absolute Gasteiger partial charge is 0.445 e. The molecule has 0 radical (unpaired) electrons. The number of hydrogen-bond acceptors (Lipinski definition) is 6. The van der Waals surface area contributed by atoms with Crippen LogP contribution in [0.4, 0.5) is 9.59 Å². The summed E-state index contributed by atoms with van der Waals surface area (Å²) in [6, 6.07) is 16.4. The van der Waals surface area contributed by atoms with E-state index in [2.05, 4.69) is 17.2 Å². The van der Waals surface area contributed by atoms with Crippen molar-refractivity contribution in [2.24, 2.45) is 0 Å². The topological polar surface area (TPSA) is 115 Å². The molecule has 0 bridgehead atoms. The second kappa shape index (κ2) is 13.8. The molecule has 4 rings (SSSR count). The molecule has 2 aliphatic heterocycles. The first-order valence-electron chi connectivity index (χ1n) is 13.8. The summed E-state index contributed by atoms with van der Waals surface area (Å²) in [6.45, 7) is 6.69. The molecule has 2 aromatic carbocycles. The molecular weight excluding hydrogens is 524 g/mol. The molecule has 218 valence electrons. The van der Waals surface area contributed by atoms with Gasteiger partial charge in [0, 0.05) is 26.7 Å². The van der Waals surface area contributed by atoms with Crippen LogP contribution < -0.4 is 10.6 Å². The van der Waals surface area contributed by atoms with Crippen LogP contribution in [0, 0.1) is 6.92 Å². The maximum Gasteiger partial charge on any atom is 0.407 e. The Morgan fingerprint density at radius 3 is 2.49 bits per heavy atom. The van der Waals surface area contributed by atoms with Gasteiger partial charge in [-0.25, -0.2) is 19.6 Å². The van der Waals surface area contributed by atoms with E-state index in [0.717, 1.165) is 16.7 Å². The Kier molecular flexibility index (Phi) is 9.96. The SMILES string of the molecule is C=CCOC(=O)NCCC[C@H]1C(=O)N(Cc2ccc(C)cc2)C[C@H]2N1C(=O)CN(C)N2C(=O)NCc1ccccc1. The van der Waals surface area contributed by atoms with Crippen molar-refractivity contribution in [3.63, 3.8) is 0 Å². The number of aryl methyl sites for hydroxylation is 1. The van der Waals surface area contributed by atoms with Crippen molar-refractivity contribution in [1.29, 1.82) is 0 Å². The number of ether oxygens (including phenoxy) is 1. The normalized spacial score (nSPS) is 19.0. The second-order valence-electron chi connectivity index (χ2n) is 10.3. The van der Waals surface area contributed by atoms with Gasteiger partial charge in [-0.05, 0) is 30.9 Å². The van der Waals surface area contributed by atoms with E-state index in [1.54, 1.807) is 21.9 Å². The van der Waals surface area contributed by atoms with Crippen molar-refractivity contribution >= 4 is 23.9 Å². The van der Waals surface area contributed by atoms with Crippen LogP contribution in [0.1, 0.15) is 29.5 Å². The van der Waals surface area contributed by atoms with Crippen LogP contribution in [0.25, 0.3) is 0 Å². The zero-order chi connectivity index (χ0) is 29.4. The standard InChI is InChI=1S/C30H38N6O5/c1-4-17-41-30(40)31-16-8-11-25-28(38)34(19-24-14-12-22(2)13-15-24)20-26-35(25)27(37)21-33(3)36(26)29(39)32-18-23-9-6-5-7-10-23/h4-7,9-10,12-15,25-26H,1,8,11,16-21H2,2-3H3,(H,31,40)(H,32,39)/t25-,26-/m0/s1. The summed E-state index contributed by atoms with van der Waals surface area (Å²) < 4.78 is 4.94. The Balaban J connectivity index is 1.54. The minimum Gasteiger partial charge on any atom is -0.445 e. The van der Waals surface area contributed by atoms with Gasteiger partial charge in [0.25, 0.3) is 0 Å². The molecule has 2 saturated heterocycles. The summed E-state index contributed by atoms with van der Waals surface area (Å²) in [7, 11) is 1.70. The van der Waals surface area contributed by atoms with E-state index in [1.807, 2.05) is 61.5 Å². The summed E-state index contributed by atoms with van der Waals surface area (Å²) in [6.07, 6.45) is 0.969. The molecule has 0 spiro atoms. The van der Waals surface area contributed by atoms with Crippen molar-refractivity contribution in [2.45, 2.75) is 45.1 Å². The van der Waals surface area contributed by atoms with Gasteiger partial charge >= 0.3 is 12.1 Å². The van der Waals surface area contributed by atoms with Gasteiger partial charge in [-0.2, -0.15) is 0 Å². The number of alkyl carbamates (subject to hydrolysis) is 1. The maximum atomic E-state index is 13.8. The monoisotopic (exact) mass is 562 g/mol. The van der Waals surface area contributed by atoms with E-state index in [-0.39, 0.29) is 44.1 Å². The number of rotatable bonds is 10. The average molecular weight is 563 g/mol. The second-order valence-corrected chi connectivity index (χ2v) is 10.3. The molecule has 0 unspecified atom stereocenters. The summed E-state index contributed by atoms with van der Waals surface area (Å²) in [5.74, 6) is -0.407. The van der Waals surface area contributed by atoms with Crippen molar-refractivity contribution in [1.82, 2.24) is 30.5 Å². The minimum absolute atomic E-state index is 0.0386. The Morgan fingerprint density at radius 1 is 1.05 bits per heavy atom. The molecule has 5 amide bonds. The van der Waals surface area contributed by atoms with E-state index < -0.39 is 18.3 Å². The highest BCUT2D eigenvalue weighted by molar-refractivity contribution is 5.91. The molecule has 2 aromatic rings. The highest BCUT2D eigenvalue weighted by Crippen LogP contribution is 2.29. The third-order valence-electron chi connectivity index (χ3n) is 7.18. The lowest BCUT2D eigenvalue weighted by Gasteiger charge is -2.54. The third kappa shape index (κ3) is 7.43. The van der Waals surface area contributed by atoms with Gasteiger partial charge in [-0.15, -0.1) is 0 Å². The first-order valence-corrected chi connectivity index (χ1v) is 13.8. The highest BCUT2D eigenvalue weighted by Gasteiger charge is 2.50. The summed E-state index contributed by atoms with van der Waals surface area (Å²) in [4.78, 5) is 55.8. The number of benzene rings is 2. The molecule has 2 heterocycles. The number of carbonyl (C=O) groups is 4. The van der Waals surface area contributed by atoms with E-state index >= 15 is 0 Å². The number of fused-ring (bicyclic) bond motifs is 1. The fourth-order valence-corrected chi connectivity index (χ4v) is 5.16. The predicted octanol–water partition coefficient (Wildman–Crippen LogP) is 2.63. The lowest BCUT2D eigenvalue weighted by Crippen LogP contribution is -2.75. The van der Waals surface area contributed by atoms with E-state index in [0.29, 0.717) is 25.9 Å². The number of carbonyl (C=O) groups excluding carboxylic acids is 4. The maximum absolute atomic E-state index is 13.8. The number of piperazine rings is 1. The number of nitrogens with one attached hydrogen (secondary N) is 2. The number of amides is 5. The highest BCUT2D eigenvalue weighted by atomic mass is 16.5. The molecule has 2 aliphatic rings. The van der Waals surface area contributed by atoms with Crippen LogP contribution in [-0.2, 0) is 27.4 Å². The van der Waals surface area contributed by atoms with Gasteiger partial charge < -0.3 is 25.2 Å². The Bertz CT molecular complexity index is 1240. The molecule has 11 heteroatoms. The van der Waals surface area contributed by atoms with Gasteiger partial charge in [0.15, 0.2) is 0 Å². The predicted molar refractivity (Wildman–Crippen MR) is 153 cm³/mol. The summed E-state index contributed by atoms with van der Waals surface area (Å²) in [5.41, 5.74) is 3.02. The van der Waals surface area contributed by atoms with Crippen molar-refractivity contribution < 1.29 is 23.9 Å². The van der Waals surface area contributed by atoms with Crippen molar-refractivity contribution in [3.8, 4) is 0 Å². The fourth-order valence-electron chi connectivity index (χ4n) is 5.16. The van der Waals surface area contributed by atoms with Crippen LogP contribution >= 0.6 is 0 Å². The van der Waals surface area contributed by atoms with Crippen molar-refractivity contribution in [3.05, 3.63) is 83.9 Å². The van der Waals surface area contributed by atoms with Crippen LogP contribution in [0.15, 0.2) is 67.3 Å². The Hall–Kier alpha value is -4.38. The molecule has 11 nitrogen and oxygen atoms in total. The molecular formula is C30H38N6O5. The lowest BCUT2D eigenvalue weighted by molar-refractivity contribution is -0.188. The fraction of sp³-hybridized carbons (Fsp3) is 0.400. The summed E-state index contributed by atoms with van der Waals surface area (Å²) in [5, 5.41) is 8.77. The third-order valence-corrected chi connectivity index (χ3v) is 7.18. The molecule has 41 heavy (non-hydrogen) atoms. The molecule has 0 aliphatic carbocycles. The number of likely N-dealkylation sites (N-methyl/N-ethyl adjacent to an activating group) is 1. The minimum atomic E-state index is -0.782. The Labute approximate surface area is 240 Å². The quantitative estimate of drug-likeness (QED) is 0.340. The van der Waals surface area contributed by atoms with Gasteiger partial charge in [-0.3, -0.25) is 9.59 Å². The average Bonchev–Trinajstić information content (AvgIpc) is 2.96. The van der Waals surface area contributed by atoms with Crippen LogP contribution in [-0.4, -0.2) is 89.3 Å². The zero-order valence-corrected chi connectivity index (χ0v) is 23.6. The van der Waals surface area contributed by atoms with Gasteiger partial charge in [0.1, 0.15) is 18.8 Å². The zero-order valence-electron chi connectivity index (χ0n) is 23.6. The van der Waals surface area contributed by atoms with E-state index in [1.165, 1.54) is 11.1 Å². The van der Waals surface area contributed by atoms with E-state index in [9.17, 15) is 19.2 Å². The van der Waals surface area contributed by atoms with Crippen LogP contribution in [0.2, 0.25) is 0 Å². The lowest BCUT2D eigenvalue weighted by atomic mass is 10.0. The van der Waals surface area contributed by atoms with Gasteiger partial charge in [0.2, 0.25) is 11.8 Å². The number of hydrogen-bond donors (Lipinski definition) is 2. The molecule has 0 saturated carbocycles. The molecule has 2 fully saturated rings. The van der Waals surface area contributed by atoms with Crippen molar-refractivity contribution in [2.75, 3.05) is 33.3 Å². The number of nitrogens with zero attached hydrogens (tertiary/aromatic N) is 4. The number of urea groups is 1. The van der Waals surface area contributed by atoms with Gasteiger partial charge in [-0.1, -0.05) is 72.8 Å². The summed E-state index contributed by atoms with van der Waals surface area (Å²) >= 11 is 0. The molecule has 2 atom stereocenters. The molecule has 0 aromatic heterocycles. The Morgan fingerprint density at radius 2 is 1.78 bits per heavy atom. The van der Waals surface area contributed by atoms with E-state index in [4.69, 9.17) is 4.74 Å². The van der Waals surface area contributed by atoms with Crippen LogP contribution in [0.3, 0.4) is 0 Å². The smallest absolute Gasteiger partial charge is 0.407 e. The first kappa shape index (κ1) is 29.6. The molecule has 2 N–H and O–H groups in total. The number of hydrazine groups is 1. The van der Waals surface area contributed by atoms with Crippen LogP contribution in [0.5, 0.6) is 0 Å². The van der Waals surface area contributed by atoms with Gasteiger partial charge in [0.05, 0.1) is 13.1 Å². The first-order chi connectivity index (χ1) is 19.8.